The number of rotatable bonds is 4. The fourth-order valence-corrected chi connectivity index (χ4v) is 2.30. The largest absolute Gasteiger partial charge is 0.496 e. The SMILES string of the molecule is CNC(c1ccccc1OC)c1c(F)ccc(C)c1F. The quantitative estimate of drug-likeness (QED) is 0.922. The molecule has 2 aromatic rings. The number of para-hydroxylation sites is 1. The maximum Gasteiger partial charge on any atom is 0.134 e. The van der Waals surface area contributed by atoms with Gasteiger partial charge in [-0.15, -0.1) is 0 Å². The minimum Gasteiger partial charge on any atom is -0.496 e. The van der Waals surface area contributed by atoms with E-state index in [-0.39, 0.29) is 5.56 Å². The number of benzene rings is 2. The second-order valence-corrected chi connectivity index (χ2v) is 4.56. The summed E-state index contributed by atoms with van der Waals surface area (Å²) in [4.78, 5) is 0. The van der Waals surface area contributed by atoms with Crippen LogP contribution in [0.15, 0.2) is 36.4 Å². The molecule has 0 heterocycles. The zero-order valence-electron chi connectivity index (χ0n) is 11.7. The smallest absolute Gasteiger partial charge is 0.134 e. The van der Waals surface area contributed by atoms with E-state index in [0.717, 1.165) is 0 Å². The van der Waals surface area contributed by atoms with Crippen LogP contribution in [0.2, 0.25) is 0 Å². The summed E-state index contributed by atoms with van der Waals surface area (Å²) >= 11 is 0. The van der Waals surface area contributed by atoms with Gasteiger partial charge in [0.05, 0.1) is 13.2 Å². The van der Waals surface area contributed by atoms with Gasteiger partial charge in [0.2, 0.25) is 0 Å². The van der Waals surface area contributed by atoms with Crippen LogP contribution in [0, 0.1) is 18.6 Å². The lowest BCUT2D eigenvalue weighted by Crippen LogP contribution is -2.21. The molecule has 0 radical (unpaired) electrons. The molecule has 0 saturated heterocycles. The lowest BCUT2D eigenvalue weighted by molar-refractivity contribution is 0.403. The number of aryl methyl sites for hydroxylation is 1. The molecule has 0 aliphatic heterocycles. The Kier molecular flexibility index (Phi) is 4.35. The van der Waals surface area contributed by atoms with Gasteiger partial charge in [-0.1, -0.05) is 24.3 Å². The van der Waals surface area contributed by atoms with Crippen LogP contribution in [0.1, 0.15) is 22.7 Å². The summed E-state index contributed by atoms with van der Waals surface area (Å²) < 4.78 is 33.6. The molecule has 0 amide bonds. The third-order valence-corrected chi connectivity index (χ3v) is 3.35. The Morgan fingerprint density at radius 2 is 1.80 bits per heavy atom. The summed E-state index contributed by atoms with van der Waals surface area (Å²) in [6.45, 7) is 1.62. The van der Waals surface area contributed by atoms with Crippen molar-refractivity contribution in [2.24, 2.45) is 0 Å². The summed E-state index contributed by atoms with van der Waals surface area (Å²) in [6.07, 6.45) is 0. The molecule has 0 aliphatic rings. The Morgan fingerprint density at radius 1 is 1.10 bits per heavy atom. The zero-order chi connectivity index (χ0) is 14.7. The van der Waals surface area contributed by atoms with Crippen LogP contribution >= 0.6 is 0 Å². The van der Waals surface area contributed by atoms with Gasteiger partial charge in [0.1, 0.15) is 17.4 Å². The minimum absolute atomic E-state index is 0.0111. The molecule has 2 aromatic carbocycles. The van der Waals surface area contributed by atoms with E-state index in [0.29, 0.717) is 16.9 Å². The Labute approximate surface area is 117 Å². The average molecular weight is 277 g/mol. The highest BCUT2D eigenvalue weighted by Crippen LogP contribution is 2.33. The molecule has 0 aromatic heterocycles. The normalized spacial score (nSPS) is 12.2. The highest BCUT2D eigenvalue weighted by molar-refractivity contribution is 5.43. The van der Waals surface area contributed by atoms with Crippen molar-refractivity contribution >= 4 is 0 Å². The topological polar surface area (TPSA) is 21.3 Å². The van der Waals surface area contributed by atoms with Crippen LogP contribution in [0.3, 0.4) is 0 Å². The molecule has 0 aliphatic carbocycles. The van der Waals surface area contributed by atoms with E-state index in [2.05, 4.69) is 5.32 Å². The van der Waals surface area contributed by atoms with E-state index in [1.807, 2.05) is 12.1 Å². The van der Waals surface area contributed by atoms with Crippen LogP contribution in [-0.4, -0.2) is 14.2 Å². The molecule has 0 fully saturated rings. The van der Waals surface area contributed by atoms with Crippen LogP contribution in [-0.2, 0) is 0 Å². The van der Waals surface area contributed by atoms with Gasteiger partial charge in [-0.05, 0) is 31.7 Å². The van der Waals surface area contributed by atoms with E-state index >= 15 is 0 Å². The molecule has 20 heavy (non-hydrogen) atoms. The third-order valence-electron chi connectivity index (χ3n) is 3.35. The summed E-state index contributed by atoms with van der Waals surface area (Å²) in [5.41, 5.74) is 1.12. The molecule has 0 spiro atoms. The third kappa shape index (κ3) is 2.51. The number of halogens is 2. The van der Waals surface area contributed by atoms with E-state index in [1.54, 1.807) is 26.1 Å². The zero-order valence-corrected chi connectivity index (χ0v) is 11.7. The molecule has 4 heteroatoms. The highest BCUT2D eigenvalue weighted by atomic mass is 19.1. The van der Waals surface area contributed by atoms with Crippen LogP contribution in [0.25, 0.3) is 0 Å². The summed E-state index contributed by atoms with van der Waals surface area (Å²) in [5.74, 6) is -0.513. The van der Waals surface area contributed by atoms with Crippen molar-refractivity contribution < 1.29 is 13.5 Å². The molecule has 0 saturated carbocycles. The molecule has 2 nitrogen and oxygen atoms in total. The molecule has 1 unspecified atom stereocenters. The lowest BCUT2D eigenvalue weighted by atomic mass is 9.95. The Morgan fingerprint density at radius 3 is 2.45 bits per heavy atom. The predicted octanol–water partition coefficient (Wildman–Crippen LogP) is 3.59. The van der Waals surface area contributed by atoms with Crippen molar-refractivity contribution in [1.29, 1.82) is 0 Å². The monoisotopic (exact) mass is 277 g/mol. The van der Waals surface area contributed by atoms with Crippen molar-refractivity contribution in [2.75, 3.05) is 14.2 Å². The minimum atomic E-state index is -0.606. The molecule has 2 rings (SSSR count). The lowest BCUT2D eigenvalue weighted by Gasteiger charge is -2.21. The van der Waals surface area contributed by atoms with Gasteiger partial charge >= 0.3 is 0 Å². The van der Waals surface area contributed by atoms with Gasteiger partial charge in [-0.3, -0.25) is 0 Å². The van der Waals surface area contributed by atoms with Crippen LogP contribution in [0.5, 0.6) is 5.75 Å². The number of nitrogens with one attached hydrogen (secondary N) is 1. The van der Waals surface area contributed by atoms with E-state index in [4.69, 9.17) is 4.74 Å². The molecule has 0 bridgehead atoms. The first-order valence-electron chi connectivity index (χ1n) is 6.34. The van der Waals surface area contributed by atoms with Crippen molar-refractivity contribution in [3.63, 3.8) is 0 Å². The predicted molar refractivity (Wildman–Crippen MR) is 75.0 cm³/mol. The first kappa shape index (κ1) is 14.5. The Hall–Kier alpha value is -1.94. The van der Waals surface area contributed by atoms with Crippen molar-refractivity contribution in [2.45, 2.75) is 13.0 Å². The van der Waals surface area contributed by atoms with Gasteiger partial charge in [-0.25, -0.2) is 8.78 Å². The van der Waals surface area contributed by atoms with Gasteiger partial charge in [0, 0.05) is 11.1 Å². The maximum atomic E-state index is 14.3. The first-order valence-corrected chi connectivity index (χ1v) is 6.34. The number of ether oxygens (including phenoxy) is 1. The van der Waals surface area contributed by atoms with Gasteiger partial charge in [-0.2, -0.15) is 0 Å². The van der Waals surface area contributed by atoms with Gasteiger partial charge in [0.15, 0.2) is 0 Å². The average Bonchev–Trinajstić information content (AvgIpc) is 2.47. The molecule has 1 N–H and O–H groups in total. The van der Waals surface area contributed by atoms with Crippen molar-refractivity contribution in [3.8, 4) is 5.75 Å². The standard InChI is InChI=1S/C16H17F2NO/c1-10-8-9-12(17)14(15(10)18)16(19-2)11-6-4-5-7-13(11)20-3/h4-9,16,19H,1-3H3. The van der Waals surface area contributed by atoms with Gasteiger partial charge in [0.25, 0.3) is 0 Å². The maximum absolute atomic E-state index is 14.3. The number of hydrogen-bond donors (Lipinski definition) is 1. The highest BCUT2D eigenvalue weighted by Gasteiger charge is 2.24. The molecule has 1 atom stereocenters. The molecular weight excluding hydrogens is 260 g/mol. The molecular formula is C16H17F2NO. The summed E-state index contributed by atoms with van der Waals surface area (Å²) in [6, 6.07) is 9.31. The molecule has 106 valence electrons. The second-order valence-electron chi connectivity index (χ2n) is 4.56. The van der Waals surface area contributed by atoms with Crippen LogP contribution < -0.4 is 10.1 Å². The van der Waals surface area contributed by atoms with Crippen LogP contribution in [0.4, 0.5) is 8.78 Å². The number of hydrogen-bond acceptors (Lipinski definition) is 2. The first-order chi connectivity index (χ1) is 9.60. The Balaban J connectivity index is 2.62. The fraction of sp³-hybridized carbons (Fsp3) is 0.250. The van der Waals surface area contributed by atoms with E-state index in [1.165, 1.54) is 19.2 Å². The second kappa shape index (κ2) is 6.01. The van der Waals surface area contributed by atoms with Crippen molar-refractivity contribution in [3.05, 3.63) is 64.7 Å². The number of methoxy groups -OCH3 is 1. The van der Waals surface area contributed by atoms with Crippen molar-refractivity contribution in [1.82, 2.24) is 5.32 Å². The van der Waals surface area contributed by atoms with E-state index < -0.39 is 17.7 Å². The summed E-state index contributed by atoms with van der Waals surface area (Å²) in [5, 5.41) is 2.96. The van der Waals surface area contributed by atoms with E-state index in [9.17, 15) is 8.78 Å². The fourth-order valence-electron chi connectivity index (χ4n) is 2.30. The Bertz CT molecular complexity index is 613. The van der Waals surface area contributed by atoms with Gasteiger partial charge < -0.3 is 10.1 Å². The summed E-state index contributed by atoms with van der Waals surface area (Å²) in [7, 11) is 3.20.